The summed E-state index contributed by atoms with van der Waals surface area (Å²) in [4.78, 5) is 12.3. The van der Waals surface area contributed by atoms with Gasteiger partial charge in [-0.15, -0.1) is 0 Å². The minimum absolute atomic E-state index is 0.187. The maximum atomic E-state index is 12.3. The van der Waals surface area contributed by atoms with Gasteiger partial charge in [-0.05, 0) is 23.3 Å². The van der Waals surface area contributed by atoms with Crippen LogP contribution in [0.3, 0.4) is 0 Å². The number of hydrogen-bond donors (Lipinski definition) is 1. The molecular weight excluding hydrogens is 324 g/mol. The Morgan fingerprint density at radius 3 is 2.08 bits per heavy atom. The van der Waals surface area contributed by atoms with E-state index in [-0.39, 0.29) is 11.5 Å². The predicted octanol–water partition coefficient (Wildman–Crippen LogP) is 5.34. The molecule has 4 rings (SSSR count). The molecule has 4 aromatic rings. The van der Waals surface area contributed by atoms with Gasteiger partial charge < -0.3 is 9.52 Å². The number of rotatable bonds is 3. The maximum Gasteiger partial charge on any atom is 0.235 e. The molecule has 0 aliphatic carbocycles. The van der Waals surface area contributed by atoms with E-state index >= 15 is 0 Å². The number of benzene rings is 3. The fraction of sp³-hybridized carbons (Fsp3) is 0. The van der Waals surface area contributed by atoms with Crippen LogP contribution < -0.4 is 5.43 Å². The number of fused-ring (bicyclic) bond motifs is 1. The summed E-state index contributed by atoms with van der Waals surface area (Å²) in [5.41, 5.74) is 2.82. The summed E-state index contributed by atoms with van der Waals surface area (Å²) in [6, 6.07) is 24.4. The van der Waals surface area contributed by atoms with Crippen molar-refractivity contribution in [2.45, 2.75) is 0 Å². The third-order valence-corrected chi connectivity index (χ3v) is 4.21. The first-order valence-corrected chi connectivity index (χ1v) is 8.31. The zero-order valence-electron chi connectivity index (χ0n) is 13.9. The molecule has 1 heterocycles. The second-order valence-corrected chi connectivity index (χ2v) is 5.97. The molecule has 0 radical (unpaired) electrons. The minimum atomic E-state index is -0.421. The molecule has 0 spiro atoms. The van der Waals surface area contributed by atoms with Gasteiger partial charge in [-0.25, -0.2) is 0 Å². The summed E-state index contributed by atoms with van der Waals surface area (Å²) >= 11 is 0. The molecule has 1 N–H and O–H groups in total. The number of aromatic hydroxyl groups is 1. The normalized spacial score (nSPS) is 11.2. The fourth-order valence-corrected chi connectivity index (χ4v) is 2.83. The lowest BCUT2D eigenvalue weighted by Crippen LogP contribution is -2.02. The van der Waals surface area contributed by atoms with Gasteiger partial charge >= 0.3 is 0 Å². The zero-order valence-corrected chi connectivity index (χ0v) is 13.9. The average molecular weight is 340 g/mol. The van der Waals surface area contributed by atoms with Crippen molar-refractivity contribution in [3.05, 3.63) is 100 Å². The van der Waals surface area contributed by atoms with Crippen LogP contribution in [0.15, 0.2) is 88.1 Å². The van der Waals surface area contributed by atoms with Gasteiger partial charge in [-0.2, -0.15) is 0 Å². The van der Waals surface area contributed by atoms with Crippen LogP contribution in [0.4, 0.5) is 0 Å². The molecule has 0 unspecified atom stereocenters. The first kappa shape index (κ1) is 15.9. The molecule has 0 fully saturated rings. The van der Waals surface area contributed by atoms with Gasteiger partial charge in [0.2, 0.25) is 11.2 Å². The Balaban J connectivity index is 1.69. The average Bonchev–Trinajstić information content (AvgIpc) is 2.70. The van der Waals surface area contributed by atoms with Crippen molar-refractivity contribution in [1.82, 2.24) is 0 Å². The van der Waals surface area contributed by atoms with Gasteiger partial charge in [0.15, 0.2) is 5.76 Å². The Morgan fingerprint density at radius 2 is 1.35 bits per heavy atom. The predicted molar refractivity (Wildman–Crippen MR) is 105 cm³/mol. The molecule has 126 valence electrons. The molecule has 0 saturated carbocycles. The van der Waals surface area contributed by atoms with Crippen molar-refractivity contribution in [2.24, 2.45) is 0 Å². The quantitative estimate of drug-likeness (QED) is 0.512. The van der Waals surface area contributed by atoms with Gasteiger partial charge in [0.25, 0.3) is 0 Å². The number of para-hydroxylation sites is 1. The third kappa shape index (κ3) is 3.03. The Hall–Kier alpha value is -3.59. The topological polar surface area (TPSA) is 50.4 Å². The zero-order chi connectivity index (χ0) is 17.9. The molecule has 1 aromatic heterocycles. The summed E-state index contributed by atoms with van der Waals surface area (Å²) < 4.78 is 5.76. The van der Waals surface area contributed by atoms with E-state index < -0.39 is 5.43 Å². The summed E-state index contributed by atoms with van der Waals surface area (Å²) in [5, 5.41) is 10.6. The highest BCUT2D eigenvalue weighted by atomic mass is 16.4. The van der Waals surface area contributed by atoms with Gasteiger partial charge in [0, 0.05) is 5.56 Å². The summed E-state index contributed by atoms with van der Waals surface area (Å²) in [6.07, 6.45) is 4.04. The van der Waals surface area contributed by atoms with Gasteiger partial charge in [0.05, 0.1) is 5.39 Å². The first-order chi connectivity index (χ1) is 12.7. The lowest BCUT2D eigenvalue weighted by atomic mass is 10.1. The first-order valence-electron chi connectivity index (χ1n) is 8.31. The molecule has 0 aliphatic heterocycles. The number of hydrogen-bond acceptors (Lipinski definition) is 3. The van der Waals surface area contributed by atoms with Crippen LogP contribution in [-0.2, 0) is 0 Å². The van der Waals surface area contributed by atoms with E-state index in [0.717, 1.165) is 11.1 Å². The minimum Gasteiger partial charge on any atom is -0.502 e. The molecule has 0 amide bonds. The van der Waals surface area contributed by atoms with Gasteiger partial charge in [-0.3, -0.25) is 4.79 Å². The molecule has 3 aromatic carbocycles. The Bertz CT molecular complexity index is 1140. The van der Waals surface area contributed by atoms with Crippen LogP contribution >= 0.6 is 0 Å². The van der Waals surface area contributed by atoms with Crippen LogP contribution in [0, 0.1) is 0 Å². The van der Waals surface area contributed by atoms with Crippen LogP contribution in [-0.4, -0.2) is 5.11 Å². The van der Waals surface area contributed by atoms with Crippen molar-refractivity contribution in [3.63, 3.8) is 0 Å². The molecule has 3 nitrogen and oxygen atoms in total. The largest absolute Gasteiger partial charge is 0.502 e. The highest BCUT2D eigenvalue weighted by Crippen LogP contribution is 2.30. The van der Waals surface area contributed by atoms with Crippen molar-refractivity contribution >= 4 is 23.1 Å². The lowest BCUT2D eigenvalue weighted by Gasteiger charge is -2.06. The van der Waals surface area contributed by atoms with Crippen LogP contribution in [0.2, 0.25) is 0 Å². The maximum absolute atomic E-state index is 12.3. The van der Waals surface area contributed by atoms with Crippen LogP contribution in [0.1, 0.15) is 11.1 Å². The van der Waals surface area contributed by atoms with E-state index in [1.54, 1.807) is 24.3 Å². The smallest absolute Gasteiger partial charge is 0.235 e. The van der Waals surface area contributed by atoms with Crippen molar-refractivity contribution in [1.29, 1.82) is 0 Å². The van der Waals surface area contributed by atoms with E-state index in [4.69, 9.17) is 4.42 Å². The fourth-order valence-electron chi connectivity index (χ4n) is 2.83. The Morgan fingerprint density at radius 1 is 0.731 bits per heavy atom. The second-order valence-electron chi connectivity index (χ2n) is 5.97. The lowest BCUT2D eigenvalue weighted by molar-refractivity contribution is 0.449. The molecule has 0 bridgehead atoms. The summed E-state index contributed by atoms with van der Waals surface area (Å²) in [5.74, 6) is -0.177. The highest BCUT2D eigenvalue weighted by molar-refractivity contribution is 5.82. The molecule has 0 saturated heterocycles. The monoisotopic (exact) mass is 340 g/mol. The van der Waals surface area contributed by atoms with Crippen LogP contribution in [0.5, 0.6) is 5.75 Å². The van der Waals surface area contributed by atoms with Gasteiger partial charge in [-0.1, -0.05) is 78.9 Å². The molecule has 26 heavy (non-hydrogen) atoms. The van der Waals surface area contributed by atoms with Crippen LogP contribution in [0.25, 0.3) is 34.4 Å². The Kier molecular flexibility index (Phi) is 4.12. The van der Waals surface area contributed by atoms with E-state index in [2.05, 4.69) is 0 Å². The van der Waals surface area contributed by atoms with E-state index in [0.29, 0.717) is 16.5 Å². The summed E-state index contributed by atoms with van der Waals surface area (Å²) in [6.45, 7) is 0. The van der Waals surface area contributed by atoms with Crippen molar-refractivity contribution in [2.75, 3.05) is 0 Å². The molecule has 0 aliphatic rings. The van der Waals surface area contributed by atoms with Crippen molar-refractivity contribution < 1.29 is 9.52 Å². The van der Waals surface area contributed by atoms with E-state index in [9.17, 15) is 9.90 Å². The molecule has 0 atom stereocenters. The third-order valence-electron chi connectivity index (χ3n) is 4.21. The highest BCUT2D eigenvalue weighted by Gasteiger charge is 2.14. The van der Waals surface area contributed by atoms with Gasteiger partial charge in [0.1, 0.15) is 5.58 Å². The summed E-state index contributed by atoms with van der Waals surface area (Å²) in [7, 11) is 0. The van der Waals surface area contributed by atoms with Crippen molar-refractivity contribution in [3.8, 4) is 17.1 Å². The molecular formula is C23H16O3. The standard InChI is InChI=1S/C23H16O3/c24-21-19-8-4-5-9-20(19)26-23(22(21)25)18-14-12-17(13-15-18)11-10-16-6-2-1-3-7-16/h1-15,25H. The molecule has 3 heteroatoms. The Labute approximate surface area is 150 Å². The van der Waals surface area contributed by atoms with E-state index in [1.807, 2.05) is 66.7 Å². The second kappa shape index (κ2) is 6.73. The SMILES string of the molecule is O=c1c(O)c(-c2ccc(C=Cc3ccccc3)cc2)oc2ccccc12. The van der Waals surface area contributed by atoms with E-state index in [1.165, 1.54) is 0 Å².